The second-order valence-electron chi connectivity index (χ2n) is 9.51. The summed E-state index contributed by atoms with van der Waals surface area (Å²) in [5, 5.41) is 4.72. The third-order valence-electron chi connectivity index (χ3n) is 5.93. The van der Waals surface area contributed by atoms with Crippen molar-refractivity contribution >= 4 is 58.4 Å². The van der Waals surface area contributed by atoms with Crippen LogP contribution in [0.1, 0.15) is 37.8 Å². The third kappa shape index (κ3) is 9.85. The zero-order valence-electron chi connectivity index (χ0n) is 21.6. The zero-order valence-corrected chi connectivity index (χ0v) is 24.7. The Balaban J connectivity index is 1.81. The van der Waals surface area contributed by atoms with Crippen LogP contribution >= 0.6 is 46.6 Å². The predicted octanol–water partition coefficient (Wildman–Crippen LogP) is 7.93. The van der Waals surface area contributed by atoms with E-state index in [4.69, 9.17) is 34.8 Å². The number of amides is 2. The van der Waals surface area contributed by atoms with Crippen molar-refractivity contribution in [2.24, 2.45) is 5.92 Å². The summed E-state index contributed by atoms with van der Waals surface area (Å²) in [7, 11) is 0. The van der Waals surface area contributed by atoms with Crippen molar-refractivity contribution in [2.75, 3.05) is 12.3 Å². The molecule has 0 aromatic heterocycles. The first-order chi connectivity index (χ1) is 18.2. The van der Waals surface area contributed by atoms with Crippen LogP contribution in [0.3, 0.4) is 0 Å². The first kappa shape index (κ1) is 30.4. The van der Waals surface area contributed by atoms with Crippen molar-refractivity contribution in [1.29, 1.82) is 0 Å². The van der Waals surface area contributed by atoms with Gasteiger partial charge in [-0.15, -0.1) is 11.8 Å². The molecule has 3 rings (SSSR count). The lowest BCUT2D eigenvalue weighted by atomic mass is 10.0. The van der Waals surface area contributed by atoms with Gasteiger partial charge >= 0.3 is 0 Å². The summed E-state index contributed by atoms with van der Waals surface area (Å²) in [6.07, 6.45) is 1.39. The molecule has 4 nitrogen and oxygen atoms in total. The lowest BCUT2D eigenvalue weighted by Crippen LogP contribution is -2.51. The maximum atomic E-state index is 13.7. The average molecular weight is 592 g/mol. The Morgan fingerprint density at radius 3 is 2.26 bits per heavy atom. The molecule has 0 heterocycles. The van der Waals surface area contributed by atoms with Crippen molar-refractivity contribution in [1.82, 2.24) is 10.2 Å². The molecular weight excluding hydrogens is 559 g/mol. The number of benzene rings is 3. The van der Waals surface area contributed by atoms with Crippen LogP contribution in [0.2, 0.25) is 15.1 Å². The number of nitrogens with one attached hydrogen (secondary N) is 1. The molecule has 0 aliphatic carbocycles. The quantitative estimate of drug-likeness (QED) is 0.162. The smallest absolute Gasteiger partial charge is 0.243 e. The van der Waals surface area contributed by atoms with E-state index in [0.717, 1.165) is 21.8 Å². The molecule has 1 atom stereocenters. The molecule has 1 N–H and O–H groups in total. The van der Waals surface area contributed by atoms with Gasteiger partial charge in [0.15, 0.2) is 0 Å². The standard InChI is InChI=1S/C30H33Cl3N2O2S/c1-21(2)19-34-30(37)28(17-22-7-4-3-5-8-22)35(20-23-10-11-25(32)18-27(23)33)29(36)9-6-16-38-26-14-12-24(31)13-15-26/h3-5,7-8,10-15,18,21,28H,6,9,16-17,19-20H2,1-2H3,(H,34,37)/t28-/m1/s1. The molecular formula is C30H33Cl3N2O2S. The average Bonchev–Trinajstić information content (AvgIpc) is 2.89. The first-order valence-corrected chi connectivity index (χ1v) is 14.8. The lowest BCUT2D eigenvalue weighted by molar-refractivity contribution is -0.141. The molecule has 0 bridgehead atoms. The molecule has 0 spiro atoms. The van der Waals surface area contributed by atoms with E-state index in [-0.39, 0.29) is 24.3 Å². The minimum atomic E-state index is -0.681. The van der Waals surface area contributed by atoms with Crippen LogP contribution < -0.4 is 5.32 Å². The highest BCUT2D eigenvalue weighted by Crippen LogP contribution is 2.26. The van der Waals surface area contributed by atoms with Crippen LogP contribution in [-0.2, 0) is 22.6 Å². The van der Waals surface area contributed by atoms with E-state index in [2.05, 4.69) is 5.32 Å². The van der Waals surface area contributed by atoms with Crippen LogP contribution in [0, 0.1) is 5.92 Å². The number of nitrogens with zero attached hydrogens (tertiary/aromatic N) is 1. The maximum Gasteiger partial charge on any atom is 0.243 e. The van der Waals surface area contributed by atoms with E-state index in [1.165, 1.54) is 0 Å². The van der Waals surface area contributed by atoms with E-state index in [1.807, 2.05) is 74.5 Å². The minimum Gasteiger partial charge on any atom is -0.354 e. The molecule has 2 amide bonds. The monoisotopic (exact) mass is 590 g/mol. The summed E-state index contributed by atoms with van der Waals surface area (Å²) in [5.41, 5.74) is 1.73. The van der Waals surface area contributed by atoms with Crippen LogP contribution in [0.5, 0.6) is 0 Å². The molecule has 0 aliphatic rings. The highest BCUT2D eigenvalue weighted by molar-refractivity contribution is 7.99. The van der Waals surface area contributed by atoms with Gasteiger partial charge in [0.25, 0.3) is 0 Å². The molecule has 0 fully saturated rings. The Kier molecular flexibility index (Phi) is 12.3. The lowest BCUT2D eigenvalue weighted by Gasteiger charge is -2.32. The summed E-state index contributed by atoms with van der Waals surface area (Å²) in [6.45, 7) is 4.83. The molecule has 3 aromatic carbocycles. The summed E-state index contributed by atoms with van der Waals surface area (Å²) in [6, 6.07) is 22.0. The number of hydrogen-bond acceptors (Lipinski definition) is 3. The molecule has 202 valence electrons. The van der Waals surface area contributed by atoms with Crippen LogP contribution in [0.15, 0.2) is 77.7 Å². The van der Waals surface area contributed by atoms with Gasteiger partial charge in [0, 0.05) is 45.9 Å². The van der Waals surface area contributed by atoms with Crippen LogP contribution in [-0.4, -0.2) is 35.1 Å². The summed E-state index contributed by atoms with van der Waals surface area (Å²) >= 11 is 20.3. The summed E-state index contributed by atoms with van der Waals surface area (Å²) < 4.78 is 0. The predicted molar refractivity (Wildman–Crippen MR) is 160 cm³/mol. The Labute approximate surface area is 245 Å². The van der Waals surface area contributed by atoms with Gasteiger partial charge in [-0.2, -0.15) is 0 Å². The van der Waals surface area contributed by atoms with Crippen molar-refractivity contribution < 1.29 is 9.59 Å². The molecule has 0 radical (unpaired) electrons. The van der Waals surface area contributed by atoms with E-state index in [9.17, 15) is 9.59 Å². The van der Waals surface area contributed by atoms with Gasteiger partial charge in [-0.1, -0.05) is 85.0 Å². The Bertz CT molecular complexity index is 1190. The van der Waals surface area contributed by atoms with E-state index >= 15 is 0 Å². The normalized spacial score (nSPS) is 11.8. The van der Waals surface area contributed by atoms with Gasteiger partial charge in [0.1, 0.15) is 6.04 Å². The molecule has 3 aromatic rings. The Hall–Kier alpha value is -2.18. The second kappa shape index (κ2) is 15.4. The number of carbonyl (C=O) groups excluding carboxylic acids is 2. The van der Waals surface area contributed by atoms with E-state index in [0.29, 0.717) is 40.9 Å². The van der Waals surface area contributed by atoms with Gasteiger partial charge in [-0.3, -0.25) is 9.59 Å². The van der Waals surface area contributed by atoms with Crippen LogP contribution in [0.25, 0.3) is 0 Å². The molecule has 0 saturated carbocycles. The van der Waals surface area contributed by atoms with Gasteiger partial charge in [-0.05, 0) is 65.6 Å². The maximum absolute atomic E-state index is 13.7. The van der Waals surface area contributed by atoms with Crippen molar-refractivity contribution in [3.05, 3.63) is 99.0 Å². The third-order valence-corrected chi connectivity index (χ3v) is 7.87. The van der Waals surface area contributed by atoms with Crippen molar-refractivity contribution in [3.8, 4) is 0 Å². The molecule has 38 heavy (non-hydrogen) atoms. The van der Waals surface area contributed by atoms with Crippen molar-refractivity contribution in [2.45, 2.75) is 50.6 Å². The second-order valence-corrected chi connectivity index (χ2v) is 12.0. The molecule has 8 heteroatoms. The number of rotatable bonds is 13. The van der Waals surface area contributed by atoms with Crippen LogP contribution in [0.4, 0.5) is 0 Å². The number of halogens is 3. The Morgan fingerprint density at radius 2 is 1.61 bits per heavy atom. The summed E-state index contributed by atoms with van der Waals surface area (Å²) in [5.74, 6) is 0.798. The topological polar surface area (TPSA) is 49.4 Å². The first-order valence-electron chi connectivity index (χ1n) is 12.7. The van der Waals surface area contributed by atoms with E-state index in [1.54, 1.807) is 28.8 Å². The Morgan fingerprint density at radius 1 is 0.921 bits per heavy atom. The highest BCUT2D eigenvalue weighted by Gasteiger charge is 2.30. The van der Waals surface area contributed by atoms with Gasteiger partial charge in [0.2, 0.25) is 11.8 Å². The fraction of sp³-hybridized carbons (Fsp3) is 0.333. The summed E-state index contributed by atoms with van der Waals surface area (Å²) in [4.78, 5) is 30.0. The van der Waals surface area contributed by atoms with Gasteiger partial charge in [0.05, 0.1) is 0 Å². The fourth-order valence-electron chi connectivity index (χ4n) is 3.90. The largest absolute Gasteiger partial charge is 0.354 e. The zero-order chi connectivity index (χ0) is 27.5. The van der Waals surface area contributed by atoms with Gasteiger partial charge in [-0.25, -0.2) is 0 Å². The minimum absolute atomic E-state index is 0.0895. The molecule has 0 saturated heterocycles. The number of thioether (sulfide) groups is 1. The SMILES string of the molecule is CC(C)CNC(=O)[C@@H](Cc1ccccc1)N(Cc1ccc(Cl)cc1Cl)C(=O)CCCSc1ccc(Cl)cc1. The van der Waals surface area contributed by atoms with Crippen molar-refractivity contribution in [3.63, 3.8) is 0 Å². The van der Waals surface area contributed by atoms with E-state index < -0.39 is 6.04 Å². The molecule has 0 aliphatic heterocycles. The fourth-order valence-corrected chi connectivity index (χ4v) is 5.34. The number of hydrogen-bond donors (Lipinski definition) is 1. The van der Waals surface area contributed by atoms with Gasteiger partial charge < -0.3 is 10.2 Å². The highest BCUT2D eigenvalue weighted by atomic mass is 35.5. The number of carbonyl (C=O) groups is 2. The molecule has 0 unspecified atom stereocenters.